The van der Waals surface area contributed by atoms with E-state index in [1.807, 2.05) is 48.6 Å². The number of hydrogen-bond donors (Lipinski definition) is 0. The monoisotopic (exact) mass is 290 g/mol. The minimum Gasteiger partial charge on any atom is -0.292 e. The lowest BCUT2D eigenvalue weighted by Gasteiger charge is -2.05. The maximum atomic E-state index is 11.6. The van der Waals surface area contributed by atoms with Crippen LogP contribution in [0.3, 0.4) is 0 Å². The molecule has 0 N–H and O–H groups in total. The Labute approximate surface area is 90.6 Å². The molecule has 1 aromatic rings. The maximum Gasteiger partial charge on any atom is 0.267 e. The second-order valence-electron chi connectivity index (χ2n) is 2.64. The summed E-state index contributed by atoms with van der Waals surface area (Å²) >= 11 is 2.00. The molecule has 0 bridgehead atoms. The molecule has 0 radical (unpaired) electrons. The second kappa shape index (κ2) is 4.55. The first-order chi connectivity index (χ1) is 6.16. The van der Waals surface area contributed by atoms with Crippen molar-refractivity contribution < 1.29 is 0 Å². The molecule has 3 nitrogen and oxygen atoms in total. The number of aryl methyl sites for hydroxylation is 1. The van der Waals surface area contributed by atoms with Gasteiger partial charge in [-0.3, -0.25) is 9.36 Å². The summed E-state index contributed by atoms with van der Waals surface area (Å²) in [5, 5.41) is 0. The van der Waals surface area contributed by atoms with Crippen molar-refractivity contribution in [3.05, 3.63) is 38.1 Å². The van der Waals surface area contributed by atoms with Gasteiger partial charge in [0.1, 0.15) is 5.82 Å². The first-order valence-corrected chi connectivity index (χ1v) is 5.07. The van der Waals surface area contributed by atoms with Crippen LogP contribution in [0.5, 0.6) is 0 Å². The summed E-state index contributed by atoms with van der Waals surface area (Å²) in [5.41, 5.74) is 0.0335. The Morgan fingerprint density at radius 2 is 2.38 bits per heavy atom. The summed E-state index contributed by atoms with van der Waals surface area (Å²) in [6.07, 6.45) is 5.46. The van der Waals surface area contributed by atoms with Crippen molar-refractivity contribution in [2.45, 2.75) is 20.4 Å². The number of aromatic nitrogens is 2. The van der Waals surface area contributed by atoms with Crippen LogP contribution in [0.15, 0.2) is 23.1 Å². The van der Waals surface area contributed by atoms with E-state index in [0.29, 0.717) is 10.1 Å². The lowest BCUT2D eigenvalue weighted by molar-refractivity contribution is 0.708. The molecule has 0 aromatic carbocycles. The number of nitrogens with zero attached hydrogens (tertiary/aromatic N) is 2. The molecule has 0 spiro atoms. The number of halogens is 1. The molecule has 0 saturated carbocycles. The molecule has 0 unspecified atom stereocenters. The Balaban J connectivity index is 3.18. The lowest BCUT2D eigenvalue weighted by Crippen LogP contribution is -2.24. The van der Waals surface area contributed by atoms with Crippen LogP contribution in [-0.2, 0) is 6.54 Å². The maximum absolute atomic E-state index is 11.6. The van der Waals surface area contributed by atoms with E-state index >= 15 is 0 Å². The van der Waals surface area contributed by atoms with Gasteiger partial charge in [0, 0.05) is 12.7 Å². The average Bonchev–Trinajstić information content (AvgIpc) is 2.12. The van der Waals surface area contributed by atoms with Gasteiger partial charge in [-0.05, 0) is 36.4 Å². The van der Waals surface area contributed by atoms with Crippen molar-refractivity contribution >= 4 is 22.6 Å². The van der Waals surface area contributed by atoms with Gasteiger partial charge in [0.25, 0.3) is 5.56 Å². The molecule has 0 amide bonds. The zero-order valence-corrected chi connectivity index (χ0v) is 9.78. The molecule has 0 fully saturated rings. The lowest BCUT2D eigenvalue weighted by atomic mass is 10.4. The molecule has 0 aliphatic rings. The minimum absolute atomic E-state index is 0.0335. The van der Waals surface area contributed by atoms with E-state index in [0.717, 1.165) is 5.82 Å². The van der Waals surface area contributed by atoms with Gasteiger partial charge in [-0.25, -0.2) is 4.98 Å². The topological polar surface area (TPSA) is 34.9 Å². The number of rotatable bonds is 2. The van der Waals surface area contributed by atoms with Crippen LogP contribution in [0.4, 0.5) is 0 Å². The van der Waals surface area contributed by atoms with E-state index in [-0.39, 0.29) is 5.56 Å². The van der Waals surface area contributed by atoms with E-state index in [2.05, 4.69) is 4.98 Å². The van der Waals surface area contributed by atoms with Crippen LogP contribution >= 0.6 is 22.6 Å². The largest absolute Gasteiger partial charge is 0.292 e. The molecule has 13 heavy (non-hydrogen) atoms. The first-order valence-electron chi connectivity index (χ1n) is 4.00. The quantitative estimate of drug-likeness (QED) is 0.614. The standard InChI is InChI=1S/C9H11IN2O/c1-3-4-5-12-7(2)11-6-8(10)9(12)13/h3-4,6H,5H2,1-2H3. The van der Waals surface area contributed by atoms with E-state index in [1.165, 1.54) is 0 Å². The average molecular weight is 290 g/mol. The van der Waals surface area contributed by atoms with Gasteiger partial charge >= 0.3 is 0 Å². The van der Waals surface area contributed by atoms with Crippen LogP contribution in [0.25, 0.3) is 0 Å². The molecular formula is C9H11IN2O. The molecule has 0 aliphatic carbocycles. The molecule has 70 valence electrons. The Morgan fingerprint density at radius 1 is 1.69 bits per heavy atom. The molecule has 4 heteroatoms. The fourth-order valence-electron chi connectivity index (χ4n) is 0.977. The SMILES string of the molecule is CC=CCn1c(C)ncc(I)c1=O. The van der Waals surface area contributed by atoms with Crippen molar-refractivity contribution in [1.29, 1.82) is 0 Å². The van der Waals surface area contributed by atoms with Crippen molar-refractivity contribution in [2.75, 3.05) is 0 Å². The van der Waals surface area contributed by atoms with Crippen molar-refractivity contribution in [3.8, 4) is 0 Å². The molecule has 0 aliphatic heterocycles. The predicted octanol–water partition coefficient (Wildman–Crippen LogP) is 1.73. The van der Waals surface area contributed by atoms with Gasteiger partial charge in [0.05, 0.1) is 3.57 Å². The van der Waals surface area contributed by atoms with Crippen molar-refractivity contribution in [1.82, 2.24) is 9.55 Å². The van der Waals surface area contributed by atoms with Gasteiger partial charge < -0.3 is 0 Å². The van der Waals surface area contributed by atoms with Crippen molar-refractivity contribution in [3.63, 3.8) is 0 Å². The third kappa shape index (κ3) is 2.40. The van der Waals surface area contributed by atoms with Crippen LogP contribution < -0.4 is 5.56 Å². The summed E-state index contributed by atoms with van der Waals surface area (Å²) in [4.78, 5) is 15.7. The molecule has 1 rings (SSSR count). The van der Waals surface area contributed by atoms with Gasteiger partial charge in [0.2, 0.25) is 0 Å². The molecule has 1 heterocycles. The molecular weight excluding hydrogens is 279 g/mol. The van der Waals surface area contributed by atoms with Gasteiger partial charge in [-0.1, -0.05) is 12.2 Å². The van der Waals surface area contributed by atoms with Crippen LogP contribution in [0, 0.1) is 10.5 Å². The molecule has 0 saturated heterocycles. The third-order valence-corrected chi connectivity index (χ3v) is 2.47. The highest BCUT2D eigenvalue weighted by Crippen LogP contribution is 1.97. The summed E-state index contributed by atoms with van der Waals surface area (Å²) in [5.74, 6) is 0.753. The summed E-state index contributed by atoms with van der Waals surface area (Å²) < 4.78 is 2.31. The summed E-state index contributed by atoms with van der Waals surface area (Å²) in [6.45, 7) is 4.37. The highest BCUT2D eigenvalue weighted by molar-refractivity contribution is 14.1. The number of hydrogen-bond acceptors (Lipinski definition) is 2. The highest BCUT2D eigenvalue weighted by atomic mass is 127. The van der Waals surface area contributed by atoms with E-state index in [1.54, 1.807) is 10.8 Å². The minimum atomic E-state index is 0.0335. The normalized spacial score (nSPS) is 11.0. The van der Waals surface area contributed by atoms with E-state index in [9.17, 15) is 4.79 Å². The van der Waals surface area contributed by atoms with Crippen molar-refractivity contribution in [2.24, 2.45) is 0 Å². The fraction of sp³-hybridized carbons (Fsp3) is 0.333. The van der Waals surface area contributed by atoms with E-state index in [4.69, 9.17) is 0 Å². The van der Waals surface area contributed by atoms with Crippen LogP contribution in [0.1, 0.15) is 12.7 Å². The van der Waals surface area contributed by atoms with Gasteiger partial charge in [0.15, 0.2) is 0 Å². The van der Waals surface area contributed by atoms with Gasteiger partial charge in [-0.2, -0.15) is 0 Å². The highest BCUT2D eigenvalue weighted by Gasteiger charge is 2.02. The molecule has 1 aromatic heterocycles. The van der Waals surface area contributed by atoms with Crippen LogP contribution in [0.2, 0.25) is 0 Å². The zero-order valence-electron chi connectivity index (χ0n) is 7.62. The third-order valence-electron chi connectivity index (χ3n) is 1.73. The smallest absolute Gasteiger partial charge is 0.267 e. The fourth-order valence-corrected chi connectivity index (χ4v) is 1.41. The Kier molecular flexibility index (Phi) is 3.65. The molecule has 0 atom stereocenters. The van der Waals surface area contributed by atoms with Crippen LogP contribution in [-0.4, -0.2) is 9.55 Å². The summed E-state index contributed by atoms with van der Waals surface area (Å²) in [7, 11) is 0. The Hall–Kier alpha value is -0.650. The summed E-state index contributed by atoms with van der Waals surface area (Å²) in [6, 6.07) is 0. The predicted molar refractivity (Wildman–Crippen MR) is 60.8 cm³/mol. The Bertz CT molecular complexity index is 382. The number of allylic oxidation sites excluding steroid dienone is 2. The van der Waals surface area contributed by atoms with E-state index < -0.39 is 0 Å². The van der Waals surface area contributed by atoms with Gasteiger partial charge in [-0.15, -0.1) is 0 Å². The Morgan fingerprint density at radius 3 is 3.00 bits per heavy atom. The second-order valence-corrected chi connectivity index (χ2v) is 3.80. The first kappa shape index (κ1) is 10.4. The zero-order chi connectivity index (χ0) is 9.84.